The molecule has 1 unspecified atom stereocenters. The second kappa shape index (κ2) is 9.22. The standard InChI is InChI=1S/C31H32N4O4/c1-30(2)13-12-24(22-7-4-5-9-25(22)39-3)35(29(30)38)18-26(36)33-21-11-10-19-16-31(17-20(19)15-21)23-8-6-14-32-27(23)34-28(31)37/h4-11,14-15,24H,12-13,16-18H2,1-3H3,(H,33,36)(H,32,34,37)/t24-,31?/m0/s1. The number of fused-ring (bicyclic) bond motifs is 3. The smallest absolute Gasteiger partial charge is 0.244 e. The molecule has 1 saturated heterocycles. The molecule has 1 spiro atoms. The molecule has 1 fully saturated rings. The first kappa shape index (κ1) is 25.1. The number of carbonyl (C=O) groups excluding carboxylic acids is 3. The second-order valence-corrected chi connectivity index (χ2v) is 11.4. The number of methoxy groups -OCH3 is 1. The Morgan fingerprint density at radius 3 is 2.72 bits per heavy atom. The van der Waals surface area contributed by atoms with Crippen LogP contribution in [0.1, 0.15) is 55.0 Å². The van der Waals surface area contributed by atoms with Gasteiger partial charge in [-0.1, -0.05) is 44.2 Å². The molecule has 3 aliphatic rings. The zero-order valence-electron chi connectivity index (χ0n) is 22.4. The zero-order valence-corrected chi connectivity index (χ0v) is 22.4. The summed E-state index contributed by atoms with van der Waals surface area (Å²) in [6.07, 6.45) is 4.29. The van der Waals surface area contributed by atoms with E-state index in [4.69, 9.17) is 4.74 Å². The van der Waals surface area contributed by atoms with Crippen molar-refractivity contribution in [2.45, 2.75) is 51.0 Å². The highest BCUT2D eigenvalue weighted by atomic mass is 16.5. The lowest BCUT2D eigenvalue weighted by Crippen LogP contribution is -2.50. The highest BCUT2D eigenvalue weighted by Gasteiger charge is 2.51. The normalized spacial score (nSPS) is 22.8. The molecule has 3 amide bonds. The predicted molar refractivity (Wildman–Crippen MR) is 147 cm³/mol. The second-order valence-electron chi connectivity index (χ2n) is 11.4. The Labute approximate surface area is 227 Å². The van der Waals surface area contributed by atoms with E-state index in [1.807, 2.05) is 68.4 Å². The minimum Gasteiger partial charge on any atom is -0.496 e. The van der Waals surface area contributed by atoms with E-state index in [9.17, 15) is 14.4 Å². The number of amides is 3. The third kappa shape index (κ3) is 4.15. The summed E-state index contributed by atoms with van der Waals surface area (Å²) in [5.41, 5.74) is 3.38. The third-order valence-corrected chi connectivity index (χ3v) is 8.54. The van der Waals surface area contributed by atoms with Gasteiger partial charge in [0.05, 0.1) is 18.6 Å². The van der Waals surface area contributed by atoms with Crippen molar-refractivity contribution in [1.29, 1.82) is 0 Å². The number of likely N-dealkylation sites (tertiary alicyclic amines) is 1. The first-order valence-corrected chi connectivity index (χ1v) is 13.3. The van der Waals surface area contributed by atoms with Crippen molar-refractivity contribution < 1.29 is 19.1 Å². The van der Waals surface area contributed by atoms with Crippen molar-refractivity contribution in [3.8, 4) is 5.75 Å². The monoisotopic (exact) mass is 524 g/mol. The molecule has 6 rings (SSSR count). The van der Waals surface area contributed by atoms with E-state index in [2.05, 4.69) is 15.6 Å². The van der Waals surface area contributed by atoms with Crippen LogP contribution in [0, 0.1) is 5.41 Å². The fraction of sp³-hybridized carbons (Fsp3) is 0.355. The first-order valence-electron chi connectivity index (χ1n) is 13.3. The predicted octanol–water partition coefficient (Wildman–Crippen LogP) is 4.41. The van der Waals surface area contributed by atoms with Crippen LogP contribution < -0.4 is 15.4 Å². The van der Waals surface area contributed by atoms with E-state index in [1.165, 1.54) is 0 Å². The van der Waals surface area contributed by atoms with E-state index < -0.39 is 10.8 Å². The summed E-state index contributed by atoms with van der Waals surface area (Å²) in [6, 6.07) is 17.0. The topological polar surface area (TPSA) is 101 Å². The van der Waals surface area contributed by atoms with Crippen LogP contribution in [0.3, 0.4) is 0 Å². The number of ether oxygens (including phenoxy) is 1. The Bertz CT molecular complexity index is 1500. The maximum Gasteiger partial charge on any atom is 0.244 e. The first-order chi connectivity index (χ1) is 18.7. The van der Waals surface area contributed by atoms with Crippen LogP contribution in [-0.4, -0.2) is 41.3 Å². The molecule has 1 aromatic heterocycles. The number of para-hydroxylation sites is 1. The van der Waals surface area contributed by atoms with Crippen molar-refractivity contribution in [1.82, 2.24) is 9.88 Å². The molecule has 2 aromatic carbocycles. The van der Waals surface area contributed by atoms with Gasteiger partial charge in [0.25, 0.3) is 0 Å². The average molecular weight is 525 g/mol. The van der Waals surface area contributed by atoms with Gasteiger partial charge in [-0.25, -0.2) is 4.98 Å². The molecule has 1 aliphatic carbocycles. The van der Waals surface area contributed by atoms with Gasteiger partial charge in [0.2, 0.25) is 17.7 Å². The minimum absolute atomic E-state index is 0.0356. The highest BCUT2D eigenvalue weighted by molar-refractivity contribution is 6.06. The van der Waals surface area contributed by atoms with Gasteiger partial charge in [0.1, 0.15) is 18.1 Å². The van der Waals surface area contributed by atoms with Gasteiger partial charge in [-0.05, 0) is 61.1 Å². The number of anilines is 2. The maximum atomic E-state index is 13.5. The van der Waals surface area contributed by atoms with Crippen LogP contribution in [0.15, 0.2) is 60.8 Å². The van der Waals surface area contributed by atoms with E-state index in [-0.39, 0.29) is 30.3 Å². The molecule has 3 aromatic rings. The molecule has 3 heterocycles. The van der Waals surface area contributed by atoms with Gasteiger partial charge >= 0.3 is 0 Å². The lowest BCUT2D eigenvalue weighted by Gasteiger charge is -2.43. The number of nitrogens with one attached hydrogen (secondary N) is 2. The van der Waals surface area contributed by atoms with Crippen molar-refractivity contribution >= 4 is 29.2 Å². The number of nitrogens with zero attached hydrogens (tertiary/aromatic N) is 2. The van der Waals surface area contributed by atoms with Crippen LogP contribution in [0.4, 0.5) is 11.5 Å². The lowest BCUT2D eigenvalue weighted by molar-refractivity contribution is -0.150. The quantitative estimate of drug-likeness (QED) is 0.515. The van der Waals surface area contributed by atoms with Crippen molar-refractivity contribution in [3.63, 3.8) is 0 Å². The molecule has 0 bridgehead atoms. The molecule has 2 atom stereocenters. The molecule has 0 radical (unpaired) electrons. The largest absolute Gasteiger partial charge is 0.496 e. The average Bonchev–Trinajstić information content (AvgIpc) is 3.44. The molecule has 0 saturated carbocycles. The van der Waals surface area contributed by atoms with Crippen molar-refractivity contribution in [2.75, 3.05) is 24.3 Å². The van der Waals surface area contributed by atoms with Crippen LogP contribution >= 0.6 is 0 Å². The number of carbonyl (C=O) groups is 3. The van der Waals surface area contributed by atoms with Gasteiger partial charge in [-0.3, -0.25) is 14.4 Å². The number of hydrogen-bond donors (Lipinski definition) is 2. The number of aromatic nitrogens is 1. The molecule has 39 heavy (non-hydrogen) atoms. The summed E-state index contributed by atoms with van der Waals surface area (Å²) >= 11 is 0. The molecule has 2 N–H and O–H groups in total. The van der Waals surface area contributed by atoms with Gasteiger partial charge in [0, 0.05) is 28.4 Å². The highest BCUT2D eigenvalue weighted by Crippen LogP contribution is 2.47. The number of benzene rings is 2. The number of rotatable bonds is 5. The van der Waals surface area contributed by atoms with Crippen molar-refractivity contribution in [3.05, 3.63) is 83.0 Å². The Balaban J connectivity index is 1.22. The van der Waals surface area contributed by atoms with Crippen LogP contribution in [0.25, 0.3) is 0 Å². The summed E-state index contributed by atoms with van der Waals surface area (Å²) in [7, 11) is 1.62. The summed E-state index contributed by atoms with van der Waals surface area (Å²) < 4.78 is 5.58. The maximum absolute atomic E-state index is 13.5. The third-order valence-electron chi connectivity index (χ3n) is 8.54. The minimum atomic E-state index is -0.664. The Morgan fingerprint density at radius 2 is 1.90 bits per heavy atom. The zero-order chi connectivity index (χ0) is 27.4. The van der Waals surface area contributed by atoms with E-state index >= 15 is 0 Å². The van der Waals surface area contributed by atoms with Crippen LogP contribution in [0.2, 0.25) is 0 Å². The Kier molecular flexibility index (Phi) is 5.93. The van der Waals surface area contributed by atoms with Crippen LogP contribution in [-0.2, 0) is 32.6 Å². The van der Waals surface area contributed by atoms with Gasteiger partial charge in [0.15, 0.2) is 0 Å². The van der Waals surface area contributed by atoms with E-state index in [1.54, 1.807) is 18.2 Å². The molecule has 200 valence electrons. The van der Waals surface area contributed by atoms with E-state index in [0.29, 0.717) is 30.1 Å². The molecule has 8 heteroatoms. The van der Waals surface area contributed by atoms with Gasteiger partial charge in [-0.15, -0.1) is 0 Å². The number of piperidine rings is 1. The molecule has 8 nitrogen and oxygen atoms in total. The summed E-state index contributed by atoms with van der Waals surface area (Å²) in [6.45, 7) is 3.80. The number of pyridine rings is 1. The Hall–Kier alpha value is -4.20. The summed E-state index contributed by atoms with van der Waals surface area (Å²) in [5.74, 6) is 0.992. The van der Waals surface area contributed by atoms with E-state index in [0.717, 1.165) is 35.1 Å². The lowest BCUT2D eigenvalue weighted by atomic mass is 9.78. The fourth-order valence-corrected chi connectivity index (χ4v) is 6.44. The summed E-state index contributed by atoms with van der Waals surface area (Å²) in [5, 5.41) is 5.93. The van der Waals surface area contributed by atoms with Gasteiger partial charge < -0.3 is 20.3 Å². The fourth-order valence-electron chi connectivity index (χ4n) is 6.44. The molecular formula is C31H32N4O4. The Morgan fingerprint density at radius 1 is 1.10 bits per heavy atom. The molecule has 2 aliphatic heterocycles. The number of hydrogen-bond acceptors (Lipinski definition) is 5. The van der Waals surface area contributed by atoms with Crippen molar-refractivity contribution in [2.24, 2.45) is 5.41 Å². The molecular weight excluding hydrogens is 492 g/mol. The van der Waals surface area contributed by atoms with Gasteiger partial charge in [-0.2, -0.15) is 0 Å². The van der Waals surface area contributed by atoms with Crippen LogP contribution in [0.5, 0.6) is 5.75 Å². The SMILES string of the molecule is COc1ccccc1[C@@H]1CCC(C)(C)C(=O)N1CC(=O)Nc1ccc2c(c1)CC1(C2)C(=O)Nc2ncccc21. The summed E-state index contributed by atoms with van der Waals surface area (Å²) in [4.78, 5) is 45.9.